The molecule has 3 fully saturated rings. The molecule has 0 atom stereocenters. The second kappa shape index (κ2) is 14.0. The van der Waals surface area contributed by atoms with Gasteiger partial charge in [-0.25, -0.2) is 13.8 Å². The summed E-state index contributed by atoms with van der Waals surface area (Å²) in [5.41, 5.74) is 3.30. The maximum Gasteiger partial charge on any atom is 1.00 e. The minimum Gasteiger partial charge on any atom is -0.550 e. The molecule has 1 aromatic carbocycles. The number of ether oxygens (including phenoxy) is 2. The third kappa shape index (κ3) is 7.20. The van der Waals surface area contributed by atoms with Crippen molar-refractivity contribution in [2.45, 2.75) is 51.2 Å². The number of piperidine rings is 2. The van der Waals surface area contributed by atoms with Crippen LogP contribution in [0.4, 0.5) is 14.6 Å². The minimum atomic E-state index is -1.03. The van der Waals surface area contributed by atoms with Gasteiger partial charge in [-0.05, 0) is 70.0 Å². The van der Waals surface area contributed by atoms with Crippen molar-refractivity contribution in [3.63, 3.8) is 0 Å². The number of hydrogen-bond acceptors (Lipinski definition) is 8. The van der Waals surface area contributed by atoms with Gasteiger partial charge in [-0.15, -0.1) is 0 Å². The van der Waals surface area contributed by atoms with Gasteiger partial charge in [0, 0.05) is 59.5 Å². The number of rotatable bonds is 8. The summed E-state index contributed by atoms with van der Waals surface area (Å²) < 4.78 is 40.8. The van der Waals surface area contributed by atoms with E-state index in [2.05, 4.69) is 9.88 Å². The van der Waals surface area contributed by atoms with Gasteiger partial charge in [-0.2, -0.15) is 0 Å². The quantitative estimate of drug-likeness (QED) is 0.352. The van der Waals surface area contributed by atoms with E-state index < -0.39 is 23.5 Å². The predicted octanol–water partition coefficient (Wildman–Crippen LogP) is 0.858. The molecule has 0 spiro atoms. The van der Waals surface area contributed by atoms with Crippen molar-refractivity contribution in [1.29, 1.82) is 0 Å². The number of halogens is 2. The number of carbonyl (C=O) groups excluding carboxylic acids is 1. The maximum absolute atomic E-state index is 15.1. The Morgan fingerprint density at radius 1 is 1.02 bits per heavy atom. The first-order valence-corrected chi connectivity index (χ1v) is 14.7. The Hall–Kier alpha value is -2.63. The number of aliphatic carboxylic acids is 1. The number of hydrogen-bond donors (Lipinski definition) is 0. The average Bonchev–Trinajstić information content (AvgIpc) is 2.96. The van der Waals surface area contributed by atoms with E-state index >= 15 is 4.39 Å². The fourth-order valence-electron chi connectivity index (χ4n) is 6.12. The van der Waals surface area contributed by atoms with Crippen LogP contribution in [0, 0.1) is 24.5 Å². The topological polar surface area (TPSA) is 90.9 Å². The number of aryl methyl sites for hydroxylation is 1. The molecular formula is C32H35F2N4NaO4. The van der Waals surface area contributed by atoms with Gasteiger partial charge in [-0.1, -0.05) is 12.1 Å². The molecule has 11 heteroatoms. The van der Waals surface area contributed by atoms with Crippen LogP contribution in [-0.4, -0.2) is 66.3 Å². The zero-order chi connectivity index (χ0) is 29.2. The molecule has 2 aromatic heterocycles. The van der Waals surface area contributed by atoms with E-state index in [1.165, 1.54) is 6.07 Å². The summed E-state index contributed by atoms with van der Waals surface area (Å²) in [7, 11) is 0. The van der Waals surface area contributed by atoms with Crippen LogP contribution < -0.4 is 44.3 Å². The summed E-state index contributed by atoms with van der Waals surface area (Å²) in [6, 6.07) is 11.9. The first-order chi connectivity index (χ1) is 20.4. The number of likely N-dealkylation sites (tertiary alicyclic amines) is 1. The predicted molar refractivity (Wildman–Crippen MR) is 151 cm³/mol. The number of carboxylic acid groups (broad SMARTS) is 1. The smallest absolute Gasteiger partial charge is 0.550 e. The molecule has 0 amide bonds. The van der Waals surface area contributed by atoms with Gasteiger partial charge in [0.05, 0.1) is 24.9 Å². The first-order valence-electron chi connectivity index (χ1n) is 14.7. The van der Waals surface area contributed by atoms with E-state index in [0.717, 1.165) is 62.2 Å². The van der Waals surface area contributed by atoms with Crippen LogP contribution in [0.5, 0.6) is 5.75 Å². The number of aromatic nitrogens is 2. The average molecular weight is 601 g/mol. The van der Waals surface area contributed by atoms with E-state index in [0.29, 0.717) is 49.4 Å². The Morgan fingerprint density at radius 3 is 2.42 bits per heavy atom. The molecule has 5 heterocycles. The van der Waals surface area contributed by atoms with E-state index in [-0.39, 0.29) is 47.5 Å². The Kier molecular flexibility index (Phi) is 10.3. The number of nitrogens with zero attached hydrogens (tertiary/aromatic N) is 4. The van der Waals surface area contributed by atoms with Crippen molar-refractivity contribution in [2.75, 3.05) is 44.3 Å². The third-order valence-electron chi connectivity index (χ3n) is 8.84. The normalized spacial score (nSPS) is 18.6. The van der Waals surface area contributed by atoms with Crippen molar-refractivity contribution >= 4 is 11.8 Å². The Labute approximate surface area is 272 Å². The van der Waals surface area contributed by atoms with Crippen molar-refractivity contribution < 1.29 is 57.7 Å². The fourth-order valence-corrected chi connectivity index (χ4v) is 6.12. The molecule has 3 aliphatic rings. The molecule has 3 saturated heterocycles. The summed E-state index contributed by atoms with van der Waals surface area (Å²) in [4.78, 5) is 25.2. The van der Waals surface area contributed by atoms with E-state index in [1.54, 1.807) is 18.2 Å². The van der Waals surface area contributed by atoms with Gasteiger partial charge >= 0.3 is 29.6 Å². The molecule has 6 rings (SSSR count). The zero-order valence-corrected chi connectivity index (χ0v) is 26.7. The molecule has 8 nitrogen and oxygen atoms in total. The van der Waals surface area contributed by atoms with E-state index in [1.807, 2.05) is 24.0 Å². The molecule has 0 bridgehead atoms. The van der Waals surface area contributed by atoms with Crippen LogP contribution in [0.2, 0.25) is 0 Å². The van der Waals surface area contributed by atoms with Crippen LogP contribution in [-0.2, 0) is 16.1 Å². The molecule has 0 aliphatic carbocycles. The van der Waals surface area contributed by atoms with Crippen molar-refractivity contribution in [2.24, 2.45) is 5.92 Å². The second-order valence-corrected chi connectivity index (χ2v) is 11.5. The molecule has 0 unspecified atom stereocenters. The van der Waals surface area contributed by atoms with Gasteiger partial charge in [0.1, 0.15) is 18.2 Å². The number of carbonyl (C=O) groups is 1. The van der Waals surface area contributed by atoms with Gasteiger partial charge in [0.25, 0.3) is 0 Å². The number of pyridine rings is 2. The SMILES string of the molecule is Cc1nc(C2CCN(C3COC3)CC2)ccc1COc1c(F)cc(F)cc1-c1cccc(N2CCC(C(=O)[O-])CC2)n1.[Na+]. The van der Waals surface area contributed by atoms with E-state index in [4.69, 9.17) is 14.5 Å². The van der Waals surface area contributed by atoms with Gasteiger partial charge in [-0.3, -0.25) is 9.88 Å². The van der Waals surface area contributed by atoms with Crippen molar-refractivity contribution in [3.8, 4) is 17.0 Å². The van der Waals surface area contributed by atoms with Crippen LogP contribution in [0.15, 0.2) is 42.5 Å². The standard InChI is InChI=1S/C32H36F2N4O4.Na/c1-20-23(5-6-28(35-20)21-7-11-37(12-8-21)25-18-41-19-25)17-42-31-26(15-24(33)16-27(31)34)29-3-2-4-30(36-29)38-13-9-22(10-14-38)32(39)40;/h2-6,15-16,21-22,25H,7-14,17-19H2,1H3,(H,39,40);/q;+1/p-1. The minimum absolute atomic E-state index is 0. The largest absolute Gasteiger partial charge is 1.00 e. The monoisotopic (exact) mass is 600 g/mol. The fraction of sp³-hybridized carbons (Fsp3) is 0.469. The van der Waals surface area contributed by atoms with Gasteiger partial charge in [0.2, 0.25) is 0 Å². The summed E-state index contributed by atoms with van der Waals surface area (Å²) in [5, 5.41) is 11.2. The third-order valence-corrected chi connectivity index (χ3v) is 8.84. The second-order valence-electron chi connectivity index (χ2n) is 11.5. The summed E-state index contributed by atoms with van der Waals surface area (Å²) in [6.45, 7) is 6.78. The Balaban J connectivity index is 0.00000368. The maximum atomic E-state index is 15.1. The number of anilines is 1. The number of benzene rings is 1. The Morgan fingerprint density at radius 2 is 1.77 bits per heavy atom. The zero-order valence-electron chi connectivity index (χ0n) is 24.7. The van der Waals surface area contributed by atoms with Crippen LogP contribution >= 0.6 is 0 Å². The van der Waals surface area contributed by atoms with E-state index in [9.17, 15) is 14.3 Å². The van der Waals surface area contributed by atoms with Gasteiger partial charge < -0.3 is 24.3 Å². The van der Waals surface area contributed by atoms with Crippen LogP contribution in [0.3, 0.4) is 0 Å². The molecule has 0 N–H and O–H groups in total. The molecule has 43 heavy (non-hydrogen) atoms. The van der Waals surface area contributed by atoms with Gasteiger partial charge in [0.15, 0.2) is 11.6 Å². The molecule has 0 saturated carbocycles. The molecular weight excluding hydrogens is 565 g/mol. The molecule has 3 aliphatic heterocycles. The van der Waals surface area contributed by atoms with Crippen molar-refractivity contribution in [3.05, 3.63) is 71.1 Å². The summed E-state index contributed by atoms with van der Waals surface area (Å²) in [5.74, 6) is -2.10. The van der Waals surface area contributed by atoms with Crippen molar-refractivity contribution in [1.82, 2.24) is 14.9 Å². The van der Waals surface area contributed by atoms with Crippen LogP contribution in [0.25, 0.3) is 11.3 Å². The molecule has 222 valence electrons. The number of carboxylic acids is 1. The summed E-state index contributed by atoms with van der Waals surface area (Å²) >= 11 is 0. The molecule has 3 aromatic rings. The first kappa shape index (κ1) is 31.8. The summed E-state index contributed by atoms with van der Waals surface area (Å²) in [6.07, 6.45) is 3.03. The molecule has 0 radical (unpaired) electrons. The Bertz CT molecular complexity index is 1440. The van der Waals surface area contributed by atoms with Crippen LogP contribution in [0.1, 0.15) is 48.6 Å².